The predicted octanol–water partition coefficient (Wildman–Crippen LogP) is 0.988. The Morgan fingerprint density at radius 1 is 1.62 bits per heavy atom. The van der Waals surface area contributed by atoms with Crippen LogP contribution in [0.1, 0.15) is 27.2 Å². The van der Waals surface area contributed by atoms with Crippen molar-refractivity contribution in [3.05, 3.63) is 0 Å². The van der Waals surface area contributed by atoms with Crippen LogP contribution in [0.4, 0.5) is 4.79 Å². The van der Waals surface area contributed by atoms with E-state index in [2.05, 4.69) is 0 Å². The van der Waals surface area contributed by atoms with Gasteiger partial charge < -0.3 is 14.7 Å². The van der Waals surface area contributed by atoms with Crippen molar-refractivity contribution in [1.29, 1.82) is 0 Å². The van der Waals surface area contributed by atoms with E-state index in [-0.39, 0.29) is 18.7 Å². The van der Waals surface area contributed by atoms with Gasteiger partial charge in [0, 0.05) is 13.2 Å². The lowest BCUT2D eigenvalue weighted by Crippen LogP contribution is -2.28. The fourth-order valence-electron chi connectivity index (χ4n) is 1.12. The summed E-state index contributed by atoms with van der Waals surface area (Å²) in [5.74, 6) is 0. The Morgan fingerprint density at radius 2 is 2.23 bits per heavy atom. The van der Waals surface area contributed by atoms with Gasteiger partial charge in [-0.2, -0.15) is 0 Å². The third-order valence-electron chi connectivity index (χ3n) is 1.80. The highest BCUT2D eigenvalue weighted by Gasteiger charge is 2.40. The predicted molar refractivity (Wildman–Crippen MR) is 48.4 cm³/mol. The summed E-state index contributed by atoms with van der Waals surface area (Å²) in [6.45, 7) is 6.37. The Hall–Kier alpha value is -0.770. The molecule has 1 fully saturated rings. The lowest BCUT2D eigenvalue weighted by atomic mass is 10.2. The maximum atomic E-state index is 11.3. The van der Waals surface area contributed by atoms with Crippen LogP contribution in [0.5, 0.6) is 0 Å². The molecule has 0 bridgehead atoms. The van der Waals surface area contributed by atoms with Gasteiger partial charge in [0.15, 0.2) is 0 Å². The topological polar surface area (TPSA) is 49.5 Å². The van der Waals surface area contributed by atoms with Crippen molar-refractivity contribution in [3.8, 4) is 0 Å². The van der Waals surface area contributed by atoms with Crippen molar-refractivity contribution in [2.45, 2.75) is 38.8 Å². The first-order chi connectivity index (χ1) is 5.94. The van der Waals surface area contributed by atoms with E-state index < -0.39 is 5.60 Å². The molecule has 1 N–H and O–H groups in total. The molecule has 1 atom stereocenters. The number of carbonyl (C=O) groups is 1. The summed E-state index contributed by atoms with van der Waals surface area (Å²) in [7, 11) is 0. The Kier molecular flexibility index (Phi) is 2.81. The highest BCUT2D eigenvalue weighted by molar-refractivity contribution is 5.71. The SMILES string of the molecule is CC(C)(C)OC(=O)N1CC1CCO. The fraction of sp³-hybridized carbons (Fsp3) is 0.889. The summed E-state index contributed by atoms with van der Waals surface area (Å²) >= 11 is 0. The van der Waals surface area contributed by atoms with Crippen LogP contribution in [0, 0.1) is 0 Å². The van der Waals surface area contributed by atoms with Crippen LogP contribution in [0.15, 0.2) is 0 Å². The zero-order chi connectivity index (χ0) is 10.1. The van der Waals surface area contributed by atoms with Crippen molar-refractivity contribution in [1.82, 2.24) is 4.90 Å². The molecule has 4 nitrogen and oxygen atoms in total. The summed E-state index contributed by atoms with van der Waals surface area (Å²) in [5, 5.41) is 8.63. The van der Waals surface area contributed by atoms with Gasteiger partial charge >= 0.3 is 6.09 Å². The smallest absolute Gasteiger partial charge is 0.410 e. The summed E-state index contributed by atoms with van der Waals surface area (Å²) in [6, 6.07) is 0.194. The average Bonchev–Trinajstić information content (AvgIpc) is 2.64. The lowest BCUT2D eigenvalue weighted by molar-refractivity contribution is 0.0403. The van der Waals surface area contributed by atoms with Gasteiger partial charge in [-0.05, 0) is 27.2 Å². The molecule has 1 heterocycles. The monoisotopic (exact) mass is 187 g/mol. The van der Waals surface area contributed by atoms with Crippen molar-refractivity contribution < 1.29 is 14.6 Å². The first-order valence-corrected chi connectivity index (χ1v) is 4.54. The third kappa shape index (κ3) is 3.22. The highest BCUT2D eigenvalue weighted by Crippen LogP contribution is 2.23. The quantitative estimate of drug-likeness (QED) is 0.656. The Balaban J connectivity index is 2.28. The first kappa shape index (κ1) is 10.3. The molecule has 0 aromatic heterocycles. The van der Waals surface area contributed by atoms with Crippen molar-refractivity contribution >= 4 is 6.09 Å². The zero-order valence-corrected chi connectivity index (χ0v) is 8.41. The standard InChI is InChI=1S/C9H17NO3/c1-9(2,3)13-8(12)10-6-7(10)4-5-11/h7,11H,4-6H2,1-3H3. The number of hydrogen-bond donors (Lipinski definition) is 1. The molecule has 1 amide bonds. The molecule has 1 aliphatic heterocycles. The van der Waals surface area contributed by atoms with Crippen LogP contribution in [0.25, 0.3) is 0 Å². The lowest BCUT2D eigenvalue weighted by Gasteiger charge is -2.19. The molecule has 13 heavy (non-hydrogen) atoms. The van der Waals surface area contributed by atoms with E-state index in [1.165, 1.54) is 0 Å². The molecule has 1 aliphatic rings. The van der Waals surface area contributed by atoms with E-state index in [1.807, 2.05) is 20.8 Å². The maximum Gasteiger partial charge on any atom is 0.410 e. The van der Waals surface area contributed by atoms with Crippen molar-refractivity contribution in [3.63, 3.8) is 0 Å². The van der Waals surface area contributed by atoms with Crippen molar-refractivity contribution in [2.75, 3.05) is 13.2 Å². The van der Waals surface area contributed by atoms with Gasteiger partial charge in [0.2, 0.25) is 0 Å². The van der Waals surface area contributed by atoms with E-state index in [4.69, 9.17) is 9.84 Å². The molecule has 0 radical (unpaired) electrons. The molecule has 1 unspecified atom stereocenters. The number of hydrogen-bond acceptors (Lipinski definition) is 3. The van der Waals surface area contributed by atoms with Crippen LogP contribution in [0.2, 0.25) is 0 Å². The molecule has 76 valence electrons. The fourth-order valence-corrected chi connectivity index (χ4v) is 1.12. The molecular weight excluding hydrogens is 170 g/mol. The number of ether oxygens (including phenoxy) is 1. The molecule has 0 saturated carbocycles. The van der Waals surface area contributed by atoms with Crippen LogP contribution < -0.4 is 0 Å². The number of nitrogens with zero attached hydrogens (tertiary/aromatic N) is 1. The molecule has 0 spiro atoms. The Bertz CT molecular complexity index is 198. The Morgan fingerprint density at radius 3 is 2.69 bits per heavy atom. The molecular formula is C9H17NO3. The van der Waals surface area contributed by atoms with Crippen LogP contribution in [0.3, 0.4) is 0 Å². The molecule has 0 aliphatic carbocycles. The van der Waals surface area contributed by atoms with E-state index in [0.717, 1.165) is 6.54 Å². The van der Waals surface area contributed by atoms with E-state index in [9.17, 15) is 4.79 Å². The summed E-state index contributed by atoms with van der Waals surface area (Å²) in [6.07, 6.45) is 0.380. The minimum atomic E-state index is -0.427. The summed E-state index contributed by atoms with van der Waals surface area (Å²) in [4.78, 5) is 13.0. The summed E-state index contributed by atoms with van der Waals surface area (Å²) in [5.41, 5.74) is -0.427. The van der Waals surface area contributed by atoms with Gasteiger partial charge in [0.1, 0.15) is 5.60 Å². The van der Waals surface area contributed by atoms with Gasteiger partial charge in [-0.15, -0.1) is 0 Å². The minimum absolute atomic E-state index is 0.129. The second kappa shape index (κ2) is 3.54. The molecule has 1 rings (SSSR count). The summed E-state index contributed by atoms with van der Waals surface area (Å²) < 4.78 is 5.14. The molecule has 0 aromatic rings. The average molecular weight is 187 g/mol. The van der Waals surface area contributed by atoms with E-state index >= 15 is 0 Å². The van der Waals surface area contributed by atoms with Gasteiger partial charge in [0.05, 0.1) is 6.04 Å². The number of rotatable bonds is 2. The number of aliphatic hydroxyl groups is 1. The van der Waals surface area contributed by atoms with Crippen LogP contribution in [-0.2, 0) is 4.74 Å². The second-order valence-corrected chi connectivity index (χ2v) is 4.30. The number of amides is 1. The normalized spacial score (nSPS) is 21.5. The van der Waals surface area contributed by atoms with E-state index in [0.29, 0.717) is 6.42 Å². The van der Waals surface area contributed by atoms with Gasteiger partial charge in [-0.25, -0.2) is 4.79 Å². The third-order valence-corrected chi connectivity index (χ3v) is 1.80. The first-order valence-electron chi connectivity index (χ1n) is 4.54. The van der Waals surface area contributed by atoms with Gasteiger partial charge in [-0.1, -0.05) is 0 Å². The Labute approximate surface area is 78.5 Å². The number of carbonyl (C=O) groups excluding carboxylic acids is 1. The van der Waals surface area contributed by atoms with Crippen LogP contribution >= 0.6 is 0 Å². The van der Waals surface area contributed by atoms with E-state index in [1.54, 1.807) is 4.90 Å². The maximum absolute atomic E-state index is 11.3. The van der Waals surface area contributed by atoms with Crippen molar-refractivity contribution in [2.24, 2.45) is 0 Å². The van der Waals surface area contributed by atoms with Crippen LogP contribution in [-0.4, -0.2) is 40.9 Å². The van der Waals surface area contributed by atoms with Gasteiger partial charge in [-0.3, -0.25) is 0 Å². The van der Waals surface area contributed by atoms with Gasteiger partial charge in [0.25, 0.3) is 0 Å². The molecule has 4 heteroatoms. The number of aliphatic hydroxyl groups excluding tert-OH is 1. The largest absolute Gasteiger partial charge is 0.444 e. The highest BCUT2D eigenvalue weighted by atomic mass is 16.6. The second-order valence-electron chi connectivity index (χ2n) is 4.30. The molecule has 0 aromatic carbocycles. The minimum Gasteiger partial charge on any atom is -0.444 e. The zero-order valence-electron chi connectivity index (χ0n) is 8.41. The molecule has 1 saturated heterocycles.